The lowest BCUT2D eigenvalue weighted by atomic mass is 10.2. The number of hydrogen-bond donors (Lipinski definition) is 1. The fourth-order valence-corrected chi connectivity index (χ4v) is 0.676. The zero-order valence-electron chi connectivity index (χ0n) is 5.81. The topological polar surface area (TPSA) is 12.0 Å². The molecule has 0 aliphatic carbocycles. The fourth-order valence-electron chi connectivity index (χ4n) is 0.532. The molecule has 1 N–H and O–H groups in total. The van der Waals surface area contributed by atoms with Crippen LogP contribution in [0, 0.1) is 0 Å². The molecule has 0 saturated heterocycles. The highest BCUT2D eigenvalue weighted by Gasteiger charge is 1.88. The van der Waals surface area contributed by atoms with Crippen LogP contribution in [0.5, 0.6) is 0 Å². The van der Waals surface area contributed by atoms with E-state index in [2.05, 4.69) is 11.9 Å². The largest absolute Gasteiger partial charge is 0.383 e. The molecule has 52 valence electrons. The van der Waals surface area contributed by atoms with E-state index in [-0.39, 0.29) is 0 Å². The summed E-state index contributed by atoms with van der Waals surface area (Å²) in [5, 5.41) is 2.92. The molecule has 0 aromatic heterocycles. The van der Waals surface area contributed by atoms with Crippen molar-refractivity contribution >= 4 is 17.2 Å². The predicted molar refractivity (Wildman–Crippen MR) is 45.7 cm³/mol. The lowest BCUT2D eigenvalue weighted by Gasteiger charge is -1.98. The van der Waals surface area contributed by atoms with Crippen LogP contribution < -0.4 is 5.32 Å². The number of unbranched alkanes of at least 4 members (excludes halogenated alkanes) is 1. The zero-order valence-corrected chi connectivity index (χ0v) is 6.63. The van der Waals surface area contributed by atoms with Crippen LogP contribution in [-0.2, 0) is 0 Å². The Balaban J connectivity index is 3.06. The number of hydrogen-bond acceptors (Lipinski definition) is 1. The second-order valence-corrected chi connectivity index (χ2v) is 2.35. The first kappa shape index (κ1) is 8.63. The molecule has 0 rings (SSSR count). The fraction of sp³-hybridized carbons (Fsp3) is 0.571. The van der Waals surface area contributed by atoms with Gasteiger partial charge < -0.3 is 5.32 Å². The Kier molecular flexibility index (Phi) is 5.52. The molecule has 0 fully saturated rings. The van der Waals surface area contributed by atoms with E-state index in [9.17, 15) is 0 Å². The molecule has 0 aromatic rings. The van der Waals surface area contributed by atoms with Gasteiger partial charge in [0.2, 0.25) is 0 Å². The van der Waals surface area contributed by atoms with E-state index in [1.54, 1.807) is 0 Å². The first-order valence-electron chi connectivity index (χ1n) is 3.12. The van der Waals surface area contributed by atoms with Gasteiger partial charge >= 0.3 is 0 Å². The van der Waals surface area contributed by atoms with Gasteiger partial charge in [-0.1, -0.05) is 18.3 Å². The van der Waals surface area contributed by atoms with E-state index in [4.69, 9.17) is 12.2 Å². The van der Waals surface area contributed by atoms with Crippen LogP contribution in [0.15, 0.2) is 12.7 Å². The first-order chi connectivity index (χ1) is 4.31. The van der Waals surface area contributed by atoms with Crippen molar-refractivity contribution in [3.8, 4) is 0 Å². The molecule has 0 atom stereocenters. The molecule has 2 heteroatoms. The third-order valence-electron chi connectivity index (χ3n) is 1.09. The summed E-state index contributed by atoms with van der Waals surface area (Å²) in [5.74, 6) is 0. The summed E-state index contributed by atoms with van der Waals surface area (Å²) in [7, 11) is 1.86. The van der Waals surface area contributed by atoms with Crippen LogP contribution in [0.25, 0.3) is 0 Å². The first-order valence-corrected chi connectivity index (χ1v) is 3.53. The van der Waals surface area contributed by atoms with E-state index in [1.807, 2.05) is 13.1 Å². The molecule has 0 aliphatic heterocycles. The van der Waals surface area contributed by atoms with Crippen LogP contribution in [0.1, 0.15) is 19.3 Å². The van der Waals surface area contributed by atoms with Gasteiger partial charge in [-0.15, -0.1) is 6.58 Å². The normalized spacial score (nSPS) is 8.56. The van der Waals surface area contributed by atoms with Gasteiger partial charge in [0.15, 0.2) is 0 Å². The second-order valence-electron chi connectivity index (χ2n) is 1.85. The molecule has 0 spiro atoms. The minimum absolute atomic E-state index is 0.942. The van der Waals surface area contributed by atoms with Gasteiger partial charge in [0.1, 0.15) is 0 Å². The Hall–Kier alpha value is -0.370. The summed E-state index contributed by atoms with van der Waals surface area (Å²) in [5.41, 5.74) is 0. The Bertz CT molecular complexity index is 99.1. The lowest BCUT2D eigenvalue weighted by Crippen LogP contribution is -2.14. The molecule has 1 nitrogen and oxygen atoms in total. The number of rotatable bonds is 4. The van der Waals surface area contributed by atoms with Crippen LogP contribution in [0.4, 0.5) is 0 Å². The highest BCUT2D eigenvalue weighted by Crippen LogP contribution is 1.95. The molecule has 0 unspecified atom stereocenters. The maximum Gasteiger partial charge on any atom is 0.0750 e. The Labute approximate surface area is 62.1 Å². The van der Waals surface area contributed by atoms with Gasteiger partial charge in [-0.05, 0) is 19.3 Å². The monoisotopic (exact) mass is 143 g/mol. The smallest absolute Gasteiger partial charge is 0.0750 e. The average molecular weight is 143 g/mol. The summed E-state index contributed by atoms with van der Waals surface area (Å²) in [4.78, 5) is 0.942. The van der Waals surface area contributed by atoms with Gasteiger partial charge in [-0.25, -0.2) is 0 Å². The minimum Gasteiger partial charge on any atom is -0.383 e. The van der Waals surface area contributed by atoms with Crippen molar-refractivity contribution in [3.63, 3.8) is 0 Å². The molecule has 0 aromatic carbocycles. The van der Waals surface area contributed by atoms with Crippen molar-refractivity contribution < 1.29 is 0 Å². The lowest BCUT2D eigenvalue weighted by molar-refractivity contribution is 0.882. The molecule has 0 bridgehead atoms. The van der Waals surface area contributed by atoms with Crippen LogP contribution in [0.2, 0.25) is 0 Å². The van der Waals surface area contributed by atoms with Gasteiger partial charge in [0.25, 0.3) is 0 Å². The third kappa shape index (κ3) is 5.50. The number of thiocarbonyl (C=S) groups is 1. The summed E-state index contributed by atoms with van der Waals surface area (Å²) < 4.78 is 0. The van der Waals surface area contributed by atoms with E-state index < -0.39 is 0 Å². The summed E-state index contributed by atoms with van der Waals surface area (Å²) >= 11 is 4.92. The molecule has 0 aliphatic rings. The Morgan fingerprint density at radius 1 is 1.78 bits per heavy atom. The molecular formula is C7H13NS. The molecule has 0 saturated carbocycles. The standard InChI is InChI=1S/C7H13NS/c1-3-4-5-6-7(9)8-2/h3H,1,4-6H2,2H3,(H,8,9). The van der Waals surface area contributed by atoms with Gasteiger partial charge in [0.05, 0.1) is 4.99 Å². The predicted octanol–water partition coefficient (Wildman–Crippen LogP) is 1.89. The summed E-state index contributed by atoms with van der Waals surface area (Å²) in [6.07, 6.45) is 5.07. The number of nitrogens with one attached hydrogen (secondary N) is 1. The van der Waals surface area contributed by atoms with E-state index in [1.165, 1.54) is 0 Å². The second kappa shape index (κ2) is 5.76. The highest BCUT2D eigenvalue weighted by atomic mass is 32.1. The van der Waals surface area contributed by atoms with Crippen molar-refractivity contribution in [2.24, 2.45) is 0 Å². The van der Waals surface area contributed by atoms with Gasteiger partial charge in [0, 0.05) is 7.05 Å². The quantitative estimate of drug-likeness (QED) is 0.366. The van der Waals surface area contributed by atoms with Crippen molar-refractivity contribution in [2.45, 2.75) is 19.3 Å². The highest BCUT2D eigenvalue weighted by molar-refractivity contribution is 7.80. The summed E-state index contributed by atoms with van der Waals surface area (Å²) in [6.45, 7) is 3.62. The Morgan fingerprint density at radius 2 is 2.44 bits per heavy atom. The average Bonchev–Trinajstić information content (AvgIpc) is 1.89. The Morgan fingerprint density at radius 3 is 2.89 bits per heavy atom. The summed E-state index contributed by atoms with van der Waals surface area (Å²) in [6, 6.07) is 0. The van der Waals surface area contributed by atoms with Crippen molar-refractivity contribution in [1.29, 1.82) is 0 Å². The molecule has 0 amide bonds. The van der Waals surface area contributed by atoms with Crippen molar-refractivity contribution in [3.05, 3.63) is 12.7 Å². The maximum absolute atomic E-state index is 4.92. The third-order valence-corrected chi connectivity index (χ3v) is 1.50. The van der Waals surface area contributed by atoms with Crippen molar-refractivity contribution in [1.82, 2.24) is 5.32 Å². The van der Waals surface area contributed by atoms with Gasteiger partial charge in [-0.3, -0.25) is 0 Å². The number of allylic oxidation sites excluding steroid dienone is 1. The SMILES string of the molecule is C=CCCCC(=S)NC. The van der Waals surface area contributed by atoms with Crippen LogP contribution in [-0.4, -0.2) is 12.0 Å². The van der Waals surface area contributed by atoms with E-state index in [0.717, 1.165) is 24.3 Å². The molecular weight excluding hydrogens is 130 g/mol. The van der Waals surface area contributed by atoms with Crippen molar-refractivity contribution in [2.75, 3.05) is 7.05 Å². The zero-order chi connectivity index (χ0) is 7.11. The molecule has 0 heterocycles. The van der Waals surface area contributed by atoms with E-state index in [0.29, 0.717) is 0 Å². The minimum atomic E-state index is 0.942. The van der Waals surface area contributed by atoms with E-state index >= 15 is 0 Å². The van der Waals surface area contributed by atoms with Crippen LogP contribution in [0.3, 0.4) is 0 Å². The maximum atomic E-state index is 4.92. The molecule has 0 radical (unpaired) electrons. The van der Waals surface area contributed by atoms with Crippen LogP contribution >= 0.6 is 12.2 Å². The van der Waals surface area contributed by atoms with Gasteiger partial charge in [-0.2, -0.15) is 0 Å². The molecule has 9 heavy (non-hydrogen) atoms.